The fraction of sp³-hybridized carbons (Fsp3) is 0.357. The first-order valence-electron chi connectivity index (χ1n) is 6.20. The lowest BCUT2D eigenvalue weighted by Gasteiger charge is -2.14. The van der Waals surface area contributed by atoms with Crippen LogP contribution in [-0.2, 0) is 13.0 Å². The van der Waals surface area contributed by atoms with Gasteiger partial charge in [-0.2, -0.15) is 0 Å². The summed E-state index contributed by atoms with van der Waals surface area (Å²) in [5, 5.41) is 3.67. The molecule has 0 amide bonds. The van der Waals surface area contributed by atoms with E-state index in [1.807, 2.05) is 19.2 Å². The largest absolute Gasteiger partial charge is 0.497 e. The van der Waals surface area contributed by atoms with Crippen LogP contribution in [0.2, 0.25) is 0 Å². The molecule has 1 heterocycles. The Bertz CT molecular complexity index is 508. The van der Waals surface area contributed by atoms with Gasteiger partial charge in [-0.3, -0.25) is 4.90 Å². The molecule has 1 aromatic heterocycles. The van der Waals surface area contributed by atoms with Crippen LogP contribution in [0.1, 0.15) is 11.3 Å². The number of benzene rings is 1. The van der Waals surface area contributed by atoms with Crippen molar-refractivity contribution < 1.29 is 9.26 Å². The third-order valence-corrected chi connectivity index (χ3v) is 2.94. The number of rotatable bonds is 6. The van der Waals surface area contributed by atoms with Crippen LogP contribution in [0.5, 0.6) is 5.75 Å². The molecule has 0 aliphatic rings. The van der Waals surface area contributed by atoms with E-state index in [1.54, 1.807) is 13.2 Å². The second-order valence-electron chi connectivity index (χ2n) is 4.55. The van der Waals surface area contributed by atoms with Crippen LogP contribution in [-0.4, -0.2) is 30.8 Å². The van der Waals surface area contributed by atoms with Crippen molar-refractivity contribution in [1.29, 1.82) is 0 Å². The maximum Gasteiger partial charge on any atom is 0.167 e. The number of methoxy groups -OCH3 is 1. The van der Waals surface area contributed by atoms with Crippen LogP contribution in [0.4, 0.5) is 5.82 Å². The predicted octanol–water partition coefficient (Wildman–Crippen LogP) is 1.94. The standard InChI is InChI=1S/C14H19N3O2/c1-17(10-13-9-14(15)16-19-13)8-7-11-3-5-12(18-2)6-4-11/h3-6,9H,7-8,10H2,1-2H3,(H2,15,16). The maximum absolute atomic E-state index is 5.51. The van der Waals surface area contributed by atoms with Crippen LogP contribution in [0.15, 0.2) is 34.9 Å². The van der Waals surface area contributed by atoms with E-state index in [9.17, 15) is 0 Å². The van der Waals surface area contributed by atoms with E-state index < -0.39 is 0 Å². The van der Waals surface area contributed by atoms with E-state index >= 15 is 0 Å². The van der Waals surface area contributed by atoms with Gasteiger partial charge < -0.3 is 15.0 Å². The van der Waals surface area contributed by atoms with Gasteiger partial charge >= 0.3 is 0 Å². The zero-order chi connectivity index (χ0) is 13.7. The topological polar surface area (TPSA) is 64.5 Å². The summed E-state index contributed by atoms with van der Waals surface area (Å²) in [6.45, 7) is 1.65. The molecule has 0 saturated carbocycles. The zero-order valence-corrected chi connectivity index (χ0v) is 11.3. The molecule has 2 rings (SSSR count). The highest BCUT2D eigenvalue weighted by Crippen LogP contribution is 2.12. The Balaban J connectivity index is 1.80. The lowest BCUT2D eigenvalue weighted by Crippen LogP contribution is -2.20. The second kappa shape index (κ2) is 6.24. The molecule has 0 aliphatic heterocycles. The Morgan fingerprint density at radius 2 is 2.05 bits per heavy atom. The Kier molecular flexibility index (Phi) is 4.41. The zero-order valence-electron chi connectivity index (χ0n) is 11.3. The minimum Gasteiger partial charge on any atom is -0.497 e. The number of nitrogens with zero attached hydrogens (tertiary/aromatic N) is 2. The van der Waals surface area contributed by atoms with E-state index in [0.717, 1.165) is 24.5 Å². The third-order valence-electron chi connectivity index (χ3n) is 2.94. The summed E-state index contributed by atoms with van der Waals surface area (Å²) >= 11 is 0. The van der Waals surface area contributed by atoms with Crippen molar-refractivity contribution in [3.63, 3.8) is 0 Å². The van der Waals surface area contributed by atoms with Crippen molar-refractivity contribution in [1.82, 2.24) is 10.1 Å². The Labute approximate surface area is 112 Å². The highest BCUT2D eigenvalue weighted by molar-refractivity contribution is 5.27. The van der Waals surface area contributed by atoms with Gasteiger partial charge in [0.05, 0.1) is 13.7 Å². The van der Waals surface area contributed by atoms with Crippen LogP contribution in [0.25, 0.3) is 0 Å². The summed E-state index contributed by atoms with van der Waals surface area (Å²) in [7, 11) is 3.72. The van der Waals surface area contributed by atoms with Crippen molar-refractivity contribution in [3.05, 3.63) is 41.7 Å². The number of nitrogens with two attached hydrogens (primary N) is 1. The van der Waals surface area contributed by atoms with E-state index in [2.05, 4.69) is 22.2 Å². The van der Waals surface area contributed by atoms with Crippen molar-refractivity contribution in [2.75, 3.05) is 26.4 Å². The fourth-order valence-corrected chi connectivity index (χ4v) is 1.86. The molecule has 0 spiro atoms. The summed E-state index contributed by atoms with van der Waals surface area (Å²) < 4.78 is 10.2. The number of likely N-dealkylation sites (N-methyl/N-ethyl adjacent to an activating group) is 1. The monoisotopic (exact) mass is 261 g/mol. The van der Waals surface area contributed by atoms with Gasteiger partial charge in [0.25, 0.3) is 0 Å². The minimum absolute atomic E-state index is 0.429. The normalized spacial score (nSPS) is 10.9. The Morgan fingerprint density at radius 1 is 1.32 bits per heavy atom. The second-order valence-corrected chi connectivity index (χ2v) is 4.55. The molecule has 0 radical (unpaired) electrons. The van der Waals surface area contributed by atoms with Crippen LogP contribution < -0.4 is 10.5 Å². The first-order chi connectivity index (χ1) is 9.17. The highest BCUT2D eigenvalue weighted by Gasteiger charge is 2.06. The number of hydrogen-bond donors (Lipinski definition) is 1. The number of hydrogen-bond acceptors (Lipinski definition) is 5. The Morgan fingerprint density at radius 3 is 2.63 bits per heavy atom. The van der Waals surface area contributed by atoms with E-state index in [-0.39, 0.29) is 0 Å². The Hall–Kier alpha value is -2.01. The summed E-state index contributed by atoms with van der Waals surface area (Å²) in [5.74, 6) is 2.10. The lowest BCUT2D eigenvalue weighted by molar-refractivity contribution is 0.275. The molecule has 102 valence electrons. The molecule has 0 atom stereocenters. The summed E-state index contributed by atoms with van der Waals surface area (Å²) in [5.41, 5.74) is 6.79. The minimum atomic E-state index is 0.429. The summed E-state index contributed by atoms with van der Waals surface area (Å²) in [6, 6.07) is 9.88. The molecule has 19 heavy (non-hydrogen) atoms. The van der Waals surface area contributed by atoms with Gasteiger partial charge in [-0.25, -0.2) is 0 Å². The van der Waals surface area contributed by atoms with Crippen molar-refractivity contribution in [3.8, 4) is 5.75 Å². The molecule has 0 fully saturated rings. The average Bonchev–Trinajstić information content (AvgIpc) is 2.82. The molecule has 0 bridgehead atoms. The molecule has 0 aliphatic carbocycles. The number of aromatic nitrogens is 1. The fourth-order valence-electron chi connectivity index (χ4n) is 1.86. The average molecular weight is 261 g/mol. The molecular weight excluding hydrogens is 242 g/mol. The van der Waals surface area contributed by atoms with E-state index in [1.165, 1.54) is 5.56 Å². The molecule has 2 aromatic rings. The molecular formula is C14H19N3O2. The number of anilines is 1. The third kappa shape index (κ3) is 3.99. The highest BCUT2D eigenvalue weighted by atomic mass is 16.5. The molecule has 5 nitrogen and oxygen atoms in total. The first-order valence-corrected chi connectivity index (χ1v) is 6.20. The molecule has 2 N–H and O–H groups in total. The van der Waals surface area contributed by atoms with Crippen LogP contribution in [0.3, 0.4) is 0 Å². The number of nitrogen functional groups attached to an aromatic ring is 1. The van der Waals surface area contributed by atoms with Crippen molar-refractivity contribution in [2.45, 2.75) is 13.0 Å². The molecule has 0 saturated heterocycles. The molecule has 0 unspecified atom stereocenters. The summed E-state index contributed by atoms with van der Waals surface area (Å²) in [4.78, 5) is 2.17. The number of ether oxygens (including phenoxy) is 1. The predicted molar refractivity (Wildman–Crippen MR) is 73.9 cm³/mol. The van der Waals surface area contributed by atoms with Gasteiger partial charge in [0.1, 0.15) is 5.75 Å². The van der Waals surface area contributed by atoms with Gasteiger partial charge in [0.15, 0.2) is 11.6 Å². The van der Waals surface area contributed by atoms with Crippen LogP contribution in [0, 0.1) is 0 Å². The van der Waals surface area contributed by atoms with Gasteiger partial charge in [-0.05, 0) is 31.2 Å². The van der Waals surface area contributed by atoms with E-state index in [0.29, 0.717) is 12.4 Å². The van der Waals surface area contributed by atoms with E-state index in [4.69, 9.17) is 15.0 Å². The SMILES string of the molecule is COc1ccc(CCN(C)Cc2cc(N)no2)cc1. The molecule has 5 heteroatoms. The maximum atomic E-state index is 5.51. The van der Waals surface area contributed by atoms with Crippen LogP contribution >= 0.6 is 0 Å². The summed E-state index contributed by atoms with van der Waals surface area (Å²) in [6.07, 6.45) is 0.976. The van der Waals surface area contributed by atoms with Crippen molar-refractivity contribution >= 4 is 5.82 Å². The van der Waals surface area contributed by atoms with Gasteiger partial charge in [0.2, 0.25) is 0 Å². The first kappa shape index (κ1) is 13.4. The smallest absolute Gasteiger partial charge is 0.167 e. The van der Waals surface area contributed by atoms with Gasteiger partial charge in [0, 0.05) is 12.6 Å². The molecule has 1 aromatic carbocycles. The lowest BCUT2D eigenvalue weighted by atomic mass is 10.1. The van der Waals surface area contributed by atoms with Gasteiger partial charge in [-0.1, -0.05) is 17.3 Å². The van der Waals surface area contributed by atoms with Crippen molar-refractivity contribution in [2.24, 2.45) is 0 Å². The van der Waals surface area contributed by atoms with Gasteiger partial charge in [-0.15, -0.1) is 0 Å². The quantitative estimate of drug-likeness (QED) is 0.861.